The van der Waals surface area contributed by atoms with Crippen molar-refractivity contribution in [3.8, 4) is 0 Å². The van der Waals surface area contributed by atoms with E-state index in [0.717, 1.165) is 19.5 Å². The quantitative estimate of drug-likeness (QED) is 0.925. The van der Waals surface area contributed by atoms with Gasteiger partial charge in [-0.3, -0.25) is 9.69 Å². The number of amides is 1. The molecule has 3 unspecified atom stereocenters. The molecule has 1 aliphatic carbocycles. The Morgan fingerprint density at radius 3 is 2.83 bits per heavy atom. The number of hydrogen-bond donors (Lipinski definition) is 1. The molecule has 3 rings (SSSR count). The van der Waals surface area contributed by atoms with E-state index in [0.29, 0.717) is 31.0 Å². The predicted octanol–water partition coefficient (Wildman–Crippen LogP) is 2.01. The third-order valence-corrected chi connectivity index (χ3v) is 5.68. The van der Waals surface area contributed by atoms with Gasteiger partial charge in [0.2, 0.25) is 5.91 Å². The normalized spacial score (nSPS) is 27.7. The lowest BCUT2D eigenvalue weighted by atomic mass is 9.78. The summed E-state index contributed by atoms with van der Waals surface area (Å²) in [5.41, 5.74) is 8.73. The SMILES string of the molecule is Cc1ccccc1CN(C)C(=O)CN1CC2CCCC(N)C2C1. The van der Waals surface area contributed by atoms with Crippen molar-refractivity contribution in [2.45, 2.75) is 38.8 Å². The molecule has 4 heteroatoms. The molecule has 1 aromatic carbocycles. The van der Waals surface area contributed by atoms with Gasteiger partial charge in [0.1, 0.15) is 0 Å². The highest BCUT2D eigenvalue weighted by atomic mass is 16.2. The van der Waals surface area contributed by atoms with Crippen molar-refractivity contribution in [3.63, 3.8) is 0 Å². The molecule has 2 aliphatic rings. The summed E-state index contributed by atoms with van der Waals surface area (Å²) < 4.78 is 0. The summed E-state index contributed by atoms with van der Waals surface area (Å²) in [6.07, 6.45) is 3.68. The van der Waals surface area contributed by atoms with Crippen molar-refractivity contribution in [1.29, 1.82) is 0 Å². The number of carbonyl (C=O) groups excluding carboxylic acids is 1. The molecule has 0 spiro atoms. The number of hydrogen-bond acceptors (Lipinski definition) is 3. The molecule has 0 bridgehead atoms. The lowest BCUT2D eigenvalue weighted by Crippen LogP contribution is -2.39. The van der Waals surface area contributed by atoms with Crippen LogP contribution in [0.4, 0.5) is 0 Å². The van der Waals surface area contributed by atoms with Crippen LogP contribution in [0.15, 0.2) is 24.3 Å². The van der Waals surface area contributed by atoms with Gasteiger partial charge < -0.3 is 10.6 Å². The Hall–Kier alpha value is -1.39. The second kappa shape index (κ2) is 7.02. The second-order valence-corrected chi connectivity index (χ2v) is 7.39. The zero-order valence-corrected chi connectivity index (χ0v) is 14.4. The minimum absolute atomic E-state index is 0.209. The zero-order valence-electron chi connectivity index (χ0n) is 14.4. The molecule has 1 saturated heterocycles. The first-order valence-corrected chi connectivity index (χ1v) is 8.81. The van der Waals surface area contributed by atoms with Crippen LogP contribution in [0, 0.1) is 18.8 Å². The fraction of sp³-hybridized carbons (Fsp3) is 0.632. The molecule has 1 aliphatic heterocycles. The fourth-order valence-electron chi connectivity index (χ4n) is 4.18. The van der Waals surface area contributed by atoms with Gasteiger partial charge in [-0.25, -0.2) is 0 Å². The van der Waals surface area contributed by atoms with Crippen molar-refractivity contribution in [2.75, 3.05) is 26.7 Å². The van der Waals surface area contributed by atoms with Crippen molar-refractivity contribution in [3.05, 3.63) is 35.4 Å². The predicted molar refractivity (Wildman–Crippen MR) is 92.9 cm³/mol. The average molecular weight is 315 g/mol. The van der Waals surface area contributed by atoms with E-state index in [9.17, 15) is 4.79 Å². The minimum Gasteiger partial charge on any atom is -0.340 e. The van der Waals surface area contributed by atoms with Gasteiger partial charge in [0.15, 0.2) is 0 Å². The molecule has 1 heterocycles. The van der Waals surface area contributed by atoms with Crippen LogP contribution in [0.5, 0.6) is 0 Å². The first-order valence-electron chi connectivity index (χ1n) is 8.81. The highest BCUT2D eigenvalue weighted by Gasteiger charge is 2.39. The molecular weight excluding hydrogens is 286 g/mol. The molecule has 4 nitrogen and oxygen atoms in total. The maximum atomic E-state index is 12.6. The number of rotatable bonds is 4. The third-order valence-electron chi connectivity index (χ3n) is 5.68. The van der Waals surface area contributed by atoms with E-state index in [-0.39, 0.29) is 5.91 Å². The Kier molecular flexibility index (Phi) is 5.02. The van der Waals surface area contributed by atoms with E-state index in [1.54, 1.807) is 0 Å². The van der Waals surface area contributed by atoms with Gasteiger partial charge in [0.05, 0.1) is 6.54 Å². The van der Waals surface area contributed by atoms with Gasteiger partial charge in [0, 0.05) is 32.7 Å². The largest absolute Gasteiger partial charge is 0.340 e. The van der Waals surface area contributed by atoms with Crippen molar-refractivity contribution in [2.24, 2.45) is 17.6 Å². The first kappa shape index (κ1) is 16.5. The van der Waals surface area contributed by atoms with Crippen LogP contribution in [-0.4, -0.2) is 48.4 Å². The van der Waals surface area contributed by atoms with Gasteiger partial charge >= 0.3 is 0 Å². The van der Waals surface area contributed by atoms with Crippen molar-refractivity contribution >= 4 is 5.91 Å². The topological polar surface area (TPSA) is 49.6 Å². The number of nitrogens with two attached hydrogens (primary N) is 1. The molecule has 0 radical (unpaired) electrons. The molecule has 0 aromatic heterocycles. The second-order valence-electron chi connectivity index (χ2n) is 7.39. The van der Waals surface area contributed by atoms with Crippen molar-refractivity contribution < 1.29 is 4.79 Å². The maximum Gasteiger partial charge on any atom is 0.236 e. The van der Waals surface area contributed by atoms with Crippen LogP contribution in [0.25, 0.3) is 0 Å². The Morgan fingerprint density at radius 2 is 2.09 bits per heavy atom. The third kappa shape index (κ3) is 3.75. The summed E-state index contributed by atoms with van der Waals surface area (Å²) in [5.74, 6) is 1.51. The molecule has 1 amide bonds. The number of benzene rings is 1. The molecule has 1 aromatic rings. The standard InChI is InChI=1S/C19H29N3O/c1-14-6-3-4-7-15(14)10-21(2)19(23)13-22-11-16-8-5-9-18(20)17(16)12-22/h3-4,6-7,16-18H,5,8-13,20H2,1-2H3. The summed E-state index contributed by atoms with van der Waals surface area (Å²) in [4.78, 5) is 16.7. The Balaban J connectivity index is 1.54. The van der Waals surface area contributed by atoms with E-state index in [4.69, 9.17) is 5.73 Å². The van der Waals surface area contributed by atoms with Crippen LogP contribution in [0.2, 0.25) is 0 Å². The fourth-order valence-corrected chi connectivity index (χ4v) is 4.18. The van der Waals surface area contributed by atoms with E-state index in [1.807, 2.05) is 24.1 Å². The number of aryl methyl sites for hydroxylation is 1. The molecule has 3 atom stereocenters. The summed E-state index contributed by atoms with van der Waals surface area (Å²) in [5, 5.41) is 0. The smallest absolute Gasteiger partial charge is 0.236 e. The number of nitrogens with zero attached hydrogens (tertiary/aromatic N) is 2. The maximum absolute atomic E-state index is 12.6. The summed E-state index contributed by atoms with van der Waals surface area (Å²) in [7, 11) is 1.91. The Labute approximate surface area is 139 Å². The Bertz CT molecular complexity index is 559. The highest BCUT2D eigenvalue weighted by molar-refractivity contribution is 5.78. The van der Waals surface area contributed by atoms with Crippen LogP contribution in [0.3, 0.4) is 0 Å². The van der Waals surface area contributed by atoms with E-state index in [2.05, 4.69) is 24.0 Å². The number of likely N-dealkylation sites (tertiary alicyclic amines) is 1. The van der Waals surface area contributed by atoms with E-state index >= 15 is 0 Å². The van der Waals surface area contributed by atoms with Crippen LogP contribution in [-0.2, 0) is 11.3 Å². The average Bonchev–Trinajstić information content (AvgIpc) is 2.93. The van der Waals surface area contributed by atoms with Gasteiger partial charge in [-0.05, 0) is 42.7 Å². The van der Waals surface area contributed by atoms with E-state index < -0.39 is 0 Å². The van der Waals surface area contributed by atoms with E-state index in [1.165, 1.54) is 24.0 Å². The highest BCUT2D eigenvalue weighted by Crippen LogP contribution is 2.35. The van der Waals surface area contributed by atoms with Gasteiger partial charge in [-0.15, -0.1) is 0 Å². The number of fused-ring (bicyclic) bond motifs is 1. The zero-order chi connectivity index (χ0) is 16.4. The Morgan fingerprint density at radius 1 is 1.30 bits per heavy atom. The van der Waals surface area contributed by atoms with Crippen LogP contribution >= 0.6 is 0 Å². The lowest BCUT2D eigenvalue weighted by molar-refractivity contribution is -0.131. The van der Waals surface area contributed by atoms with Crippen LogP contribution in [0.1, 0.15) is 30.4 Å². The van der Waals surface area contributed by atoms with Gasteiger partial charge in [-0.2, -0.15) is 0 Å². The minimum atomic E-state index is 0.209. The van der Waals surface area contributed by atoms with Gasteiger partial charge in [0.25, 0.3) is 0 Å². The molecule has 2 fully saturated rings. The summed E-state index contributed by atoms with van der Waals surface area (Å²) >= 11 is 0. The summed E-state index contributed by atoms with van der Waals surface area (Å²) in [6.45, 7) is 5.35. The van der Waals surface area contributed by atoms with Crippen LogP contribution < -0.4 is 5.73 Å². The number of likely N-dealkylation sites (N-methyl/N-ethyl adjacent to an activating group) is 1. The molecule has 126 valence electrons. The molecule has 1 saturated carbocycles. The lowest BCUT2D eigenvalue weighted by Gasteiger charge is -2.29. The van der Waals surface area contributed by atoms with Crippen molar-refractivity contribution in [1.82, 2.24) is 9.80 Å². The monoisotopic (exact) mass is 315 g/mol. The van der Waals surface area contributed by atoms with Gasteiger partial charge in [-0.1, -0.05) is 30.7 Å². The molecule has 2 N–H and O–H groups in total. The summed E-state index contributed by atoms with van der Waals surface area (Å²) in [6, 6.07) is 8.60. The number of carbonyl (C=O) groups is 1. The first-order chi connectivity index (χ1) is 11.0. The molecule has 23 heavy (non-hydrogen) atoms. The molecular formula is C19H29N3O.